The number of amides is 2. The van der Waals surface area contributed by atoms with Crippen molar-refractivity contribution in [2.24, 2.45) is 5.41 Å². The van der Waals surface area contributed by atoms with Crippen LogP contribution in [0.4, 0.5) is 5.69 Å². The van der Waals surface area contributed by atoms with Crippen LogP contribution in [0.15, 0.2) is 24.3 Å². The molecule has 22 heavy (non-hydrogen) atoms. The summed E-state index contributed by atoms with van der Waals surface area (Å²) < 4.78 is 0. The van der Waals surface area contributed by atoms with Crippen molar-refractivity contribution in [2.45, 2.75) is 33.2 Å². The highest BCUT2D eigenvalue weighted by Crippen LogP contribution is 2.22. The standard InChI is InChI=1S/C17H25N3O2/c1-17(2,3)16(22)19-14-8-6-5-7-13(14)15(21)20(4)12-9-10-18-11-12/h5-8,12,18H,9-11H2,1-4H3,(H,19,22). The normalized spacial score (nSPS) is 18.1. The maximum atomic E-state index is 12.7. The van der Waals surface area contributed by atoms with Crippen LogP contribution in [0.25, 0.3) is 0 Å². The molecule has 1 aromatic rings. The van der Waals surface area contributed by atoms with E-state index in [1.165, 1.54) is 0 Å². The Morgan fingerprint density at radius 2 is 1.95 bits per heavy atom. The van der Waals surface area contributed by atoms with Gasteiger partial charge in [-0.3, -0.25) is 9.59 Å². The molecular formula is C17H25N3O2. The second kappa shape index (κ2) is 6.48. The number of hydrogen-bond donors (Lipinski definition) is 2. The van der Waals surface area contributed by atoms with E-state index in [4.69, 9.17) is 0 Å². The summed E-state index contributed by atoms with van der Waals surface area (Å²) in [5.74, 6) is -0.156. The molecule has 1 aliphatic heterocycles. The lowest BCUT2D eigenvalue weighted by atomic mass is 9.95. The third kappa shape index (κ3) is 3.65. The first-order valence-electron chi connectivity index (χ1n) is 7.69. The smallest absolute Gasteiger partial charge is 0.256 e. The molecule has 0 aromatic heterocycles. The predicted octanol–water partition coefficient (Wildman–Crippen LogP) is 2.11. The van der Waals surface area contributed by atoms with Gasteiger partial charge < -0.3 is 15.5 Å². The highest BCUT2D eigenvalue weighted by Gasteiger charge is 2.27. The molecule has 1 aromatic carbocycles. The molecule has 0 saturated carbocycles. The van der Waals surface area contributed by atoms with Crippen LogP contribution in [-0.2, 0) is 4.79 Å². The van der Waals surface area contributed by atoms with Crippen molar-refractivity contribution in [1.82, 2.24) is 10.2 Å². The van der Waals surface area contributed by atoms with Gasteiger partial charge in [-0.15, -0.1) is 0 Å². The van der Waals surface area contributed by atoms with E-state index in [2.05, 4.69) is 10.6 Å². The molecule has 1 aliphatic rings. The van der Waals surface area contributed by atoms with E-state index in [-0.39, 0.29) is 17.9 Å². The number of benzene rings is 1. The quantitative estimate of drug-likeness (QED) is 0.899. The monoisotopic (exact) mass is 303 g/mol. The molecule has 1 unspecified atom stereocenters. The molecule has 2 N–H and O–H groups in total. The van der Waals surface area contributed by atoms with Gasteiger partial charge in [0.25, 0.3) is 5.91 Å². The van der Waals surface area contributed by atoms with E-state index in [0.29, 0.717) is 11.3 Å². The van der Waals surface area contributed by atoms with E-state index >= 15 is 0 Å². The molecular weight excluding hydrogens is 278 g/mol. The maximum Gasteiger partial charge on any atom is 0.256 e. The summed E-state index contributed by atoms with van der Waals surface area (Å²) in [5, 5.41) is 6.14. The molecule has 2 rings (SSSR count). The zero-order valence-corrected chi connectivity index (χ0v) is 13.8. The Morgan fingerprint density at radius 3 is 2.55 bits per heavy atom. The number of likely N-dealkylation sites (N-methyl/N-ethyl adjacent to an activating group) is 1. The average Bonchev–Trinajstić information content (AvgIpc) is 2.99. The summed E-state index contributed by atoms with van der Waals surface area (Å²) in [6.07, 6.45) is 0.957. The van der Waals surface area contributed by atoms with E-state index < -0.39 is 5.41 Å². The minimum Gasteiger partial charge on any atom is -0.337 e. The fraction of sp³-hybridized carbons (Fsp3) is 0.529. The Hall–Kier alpha value is -1.88. The van der Waals surface area contributed by atoms with Crippen LogP contribution in [0, 0.1) is 5.41 Å². The summed E-state index contributed by atoms with van der Waals surface area (Å²) in [4.78, 5) is 26.7. The minimum atomic E-state index is -0.503. The fourth-order valence-corrected chi connectivity index (χ4v) is 2.41. The van der Waals surface area contributed by atoms with E-state index in [1.807, 2.05) is 40.0 Å². The first-order chi connectivity index (χ1) is 10.3. The van der Waals surface area contributed by atoms with Gasteiger partial charge in [-0.25, -0.2) is 0 Å². The number of para-hydroxylation sites is 1. The van der Waals surface area contributed by atoms with Crippen molar-refractivity contribution < 1.29 is 9.59 Å². The highest BCUT2D eigenvalue weighted by molar-refractivity contribution is 6.04. The van der Waals surface area contributed by atoms with Crippen LogP contribution < -0.4 is 10.6 Å². The lowest BCUT2D eigenvalue weighted by Gasteiger charge is -2.25. The van der Waals surface area contributed by atoms with Gasteiger partial charge in [0, 0.05) is 25.0 Å². The number of nitrogens with zero attached hydrogens (tertiary/aromatic N) is 1. The van der Waals surface area contributed by atoms with Crippen LogP contribution in [0.5, 0.6) is 0 Å². The Balaban J connectivity index is 2.20. The minimum absolute atomic E-state index is 0.0569. The Kier molecular flexibility index (Phi) is 4.86. The number of rotatable bonds is 3. The molecule has 1 saturated heterocycles. The molecule has 120 valence electrons. The summed E-state index contributed by atoms with van der Waals surface area (Å²) in [5.41, 5.74) is 0.608. The van der Waals surface area contributed by atoms with Gasteiger partial charge >= 0.3 is 0 Å². The van der Waals surface area contributed by atoms with Crippen LogP contribution in [0.2, 0.25) is 0 Å². The molecule has 5 heteroatoms. The van der Waals surface area contributed by atoms with Crippen LogP contribution in [0.1, 0.15) is 37.6 Å². The second-order valence-corrected chi connectivity index (χ2v) is 6.81. The third-order valence-electron chi connectivity index (χ3n) is 3.99. The van der Waals surface area contributed by atoms with Crippen molar-refractivity contribution in [1.29, 1.82) is 0 Å². The fourth-order valence-electron chi connectivity index (χ4n) is 2.41. The summed E-state index contributed by atoms with van der Waals surface area (Å²) in [6.45, 7) is 7.30. The summed E-state index contributed by atoms with van der Waals surface area (Å²) in [6, 6.07) is 7.39. The number of nitrogens with one attached hydrogen (secondary N) is 2. The topological polar surface area (TPSA) is 61.4 Å². The van der Waals surface area contributed by atoms with Crippen LogP contribution >= 0.6 is 0 Å². The number of carbonyl (C=O) groups is 2. The maximum absolute atomic E-state index is 12.7. The second-order valence-electron chi connectivity index (χ2n) is 6.81. The lowest BCUT2D eigenvalue weighted by Crippen LogP contribution is -2.39. The van der Waals surface area contributed by atoms with Crippen molar-refractivity contribution in [2.75, 3.05) is 25.5 Å². The van der Waals surface area contributed by atoms with Crippen LogP contribution in [0.3, 0.4) is 0 Å². The van der Waals surface area contributed by atoms with Gasteiger partial charge in [0.1, 0.15) is 0 Å². The Bertz CT molecular complexity index is 557. The van der Waals surface area contributed by atoms with Crippen molar-refractivity contribution in [3.63, 3.8) is 0 Å². The molecule has 1 atom stereocenters. The molecule has 0 aliphatic carbocycles. The molecule has 2 amide bonds. The Labute approximate surface area is 132 Å². The SMILES string of the molecule is CN(C(=O)c1ccccc1NC(=O)C(C)(C)C)C1CCNC1. The first kappa shape index (κ1) is 16.5. The molecule has 5 nitrogen and oxygen atoms in total. The van der Waals surface area contributed by atoms with Crippen molar-refractivity contribution in [3.8, 4) is 0 Å². The molecule has 0 radical (unpaired) electrons. The molecule has 1 heterocycles. The highest BCUT2D eigenvalue weighted by atomic mass is 16.2. The third-order valence-corrected chi connectivity index (χ3v) is 3.99. The number of carbonyl (C=O) groups excluding carboxylic acids is 2. The average molecular weight is 303 g/mol. The van der Waals surface area contributed by atoms with Crippen molar-refractivity contribution in [3.05, 3.63) is 29.8 Å². The van der Waals surface area contributed by atoms with Gasteiger partial charge in [-0.05, 0) is 25.1 Å². The molecule has 0 bridgehead atoms. The van der Waals surface area contributed by atoms with Crippen molar-refractivity contribution >= 4 is 17.5 Å². The zero-order valence-electron chi connectivity index (χ0n) is 13.8. The first-order valence-corrected chi connectivity index (χ1v) is 7.69. The number of anilines is 1. The van der Waals surface area contributed by atoms with Gasteiger partial charge in [-0.1, -0.05) is 32.9 Å². The zero-order chi connectivity index (χ0) is 16.3. The van der Waals surface area contributed by atoms with Gasteiger partial charge in [0.05, 0.1) is 11.3 Å². The molecule has 0 spiro atoms. The van der Waals surface area contributed by atoms with E-state index in [9.17, 15) is 9.59 Å². The summed E-state index contributed by atoms with van der Waals surface area (Å²) in [7, 11) is 1.82. The van der Waals surface area contributed by atoms with Gasteiger partial charge in [0.2, 0.25) is 5.91 Å². The summed E-state index contributed by atoms with van der Waals surface area (Å²) >= 11 is 0. The van der Waals surface area contributed by atoms with Crippen LogP contribution in [-0.4, -0.2) is 42.9 Å². The molecule has 1 fully saturated rings. The van der Waals surface area contributed by atoms with Gasteiger partial charge in [-0.2, -0.15) is 0 Å². The van der Waals surface area contributed by atoms with E-state index in [0.717, 1.165) is 19.5 Å². The Morgan fingerprint density at radius 1 is 1.27 bits per heavy atom. The van der Waals surface area contributed by atoms with E-state index in [1.54, 1.807) is 17.0 Å². The predicted molar refractivity (Wildman–Crippen MR) is 87.9 cm³/mol. The largest absolute Gasteiger partial charge is 0.337 e. The number of hydrogen-bond acceptors (Lipinski definition) is 3. The van der Waals surface area contributed by atoms with Gasteiger partial charge in [0.15, 0.2) is 0 Å². The lowest BCUT2D eigenvalue weighted by molar-refractivity contribution is -0.123.